The lowest BCUT2D eigenvalue weighted by Gasteiger charge is -2.19. The predicted molar refractivity (Wildman–Crippen MR) is 77.8 cm³/mol. The first-order valence-corrected chi connectivity index (χ1v) is 6.79. The van der Waals surface area contributed by atoms with Crippen molar-refractivity contribution < 1.29 is 9.84 Å². The van der Waals surface area contributed by atoms with Crippen molar-refractivity contribution in [3.63, 3.8) is 0 Å². The summed E-state index contributed by atoms with van der Waals surface area (Å²) in [6.45, 7) is 9.07. The molecule has 1 aromatic rings. The summed E-state index contributed by atoms with van der Waals surface area (Å²) in [7, 11) is 0. The zero-order chi connectivity index (χ0) is 15.6. The minimum atomic E-state index is -0.484. The maximum atomic E-state index is 12.2. The predicted octanol–water partition coefficient (Wildman–Crippen LogP) is 1.10. The van der Waals surface area contributed by atoms with Crippen molar-refractivity contribution >= 4 is 0 Å². The summed E-state index contributed by atoms with van der Waals surface area (Å²) < 4.78 is 6.64. The van der Waals surface area contributed by atoms with Crippen LogP contribution in [0, 0.1) is 18.3 Å². The molecule has 0 bridgehead atoms. The van der Waals surface area contributed by atoms with E-state index in [1.807, 2.05) is 17.9 Å². The monoisotopic (exact) mass is 289 g/mol. The van der Waals surface area contributed by atoms with Crippen LogP contribution in [0.1, 0.15) is 23.6 Å². The quantitative estimate of drug-likeness (QED) is 0.840. The number of nitriles is 1. The summed E-state index contributed by atoms with van der Waals surface area (Å²) in [4.78, 5) is 14.2. The summed E-state index contributed by atoms with van der Waals surface area (Å²) in [5, 5.41) is 19.6. The van der Waals surface area contributed by atoms with Crippen molar-refractivity contribution in [2.45, 2.75) is 33.0 Å². The molecule has 1 saturated heterocycles. The Bertz CT molecular complexity index is 658. The highest BCUT2D eigenvalue weighted by molar-refractivity contribution is 5.45. The molecule has 1 aliphatic rings. The molecule has 1 fully saturated rings. The Morgan fingerprint density at radius 1 is 1.62 bits per heavy atom. The van der Waals surface area contributed by atoms with E-state index in [1.54, 1.807) is 6.92 Å². The number of aromatic hydroxyl groups is 1. The molecular formula is C15H19N3O3. The zero-order valence-corrected chi connectivity index (χ0v) is 12.3. The summed E-state index contributed by atoms with van der Waals surface area (Å²) in [6, 6.07) is 1.94. The summed E-state index contributed by atoms with van der Waals surface area (Å²) in [5.74, 6) is -0.101. The van der Waals surface area contributed by atoms with Crippen molar-refractivity contribution in [1.82, 2.24) is 9.47 Å². The number of hydrogen-bond acceptors (Lipinski definition) is 5. The van der Waals surface area contributed by atoms with Crippen LogP contribution in [-0.2, 0) is 17.8 Å². The van der Waals surface area contributed by atoms with E-state index in [9.17, 15) is 15.2 Å². The van der Waals surface area contributed by atoms with Crippen LogP contribution in [0.4, 0.5) is 0 Å². The van der Waals surface area contributed by atoms with E-state index in [0.717, 1.165) is 6.54 Å². The molecule has 112 valence electrons. The van der Waals surface area contributed by atoms with E-state index < -0.39 is 5.56 Å². The van der Waals surface area contributed by atoms with Crippen molar-refractivity contribution in [2.24, 2.45) is 0 Å². The van der Waals surface area contributed by atoms with Crippen LogP contribution in [0.3, 0.4) is 0 Å². The maximum absolute atomic E-state index is 12.2. The Hall–Kier alpha value is -2.10. The average molecular weight is 289 g/mol. The highest BCUT2D eigenvalue weighted by Gasteiger charge is 2.24. The molecule has 6 nitrogen and oxygen atoms in total. The molecule has 0 radical (unpaired) electrons. The van der Waals surface area contributed by atoms with Gasteiger partial charge >= 0.3 is 0 Å². The fourth-order valence-corrected chi connectivity index (χ4v) is 2.53. The van der Waals surface area contributed by atoms with E-state index >= 15 is 0 Å². The molecule has 1 N–H and O–H groups in total. The Balaban J connectivity index is 2.49. The minimum Gasteiger partial charge on any atom is -0.494 e. The number of ether oxygens (including phenoxy) is 1. The number of aromatic nitrogens is 1. The van der Waals surface area contributed by atoms with Crippen molar-refractivity contribution in [2.75, 3.05) is 13.3 Å². The molecule has 1 aromatic heterocycles. The number of rotatable bonds is 4. The normalized spacial score (nSPS) is 18.6. The average Bonchev–Trinajstić information content (AvgIpc) is 2.86. The molecule has 21 heavy (non-hydrogen) atoms. The molecule has 0 unspecified atom stereocenters. The third kappa shape index (κ3) is 2.84. The van der Waals surface area contributed by atoms with Gasteiger partial charge in [0.2, 0.25) is 0 Å². The van der Waals surface area contributed by atoms with Gasteiger partial charge in [-0.3, -0.25) is 14.3 Å². The molecule has 0 spiro atoms. The first-order valence-electron chi connectivity index (χ1n) is 6.79. The number of pyridine rings is 1. The Labute approximate surface area is 123 Å². The number of nitrogens with zero attached hydrogens (tertiary/aromatic N) is 3. The Morgan fingerprint density at radius 3 is 2.86 bits per heavy atom. The van der Waals surface area contributed by atoms with Gasteiger partial charge in [-0.1, -0.05) is 6.08 Å². The Morgan fingerprint density at radius 2 is 2.33 bits per heavy atom. The highest BCUT2D eigenvalue weighted by Crippen LogP contribution is 2.24. The standard InChI is InChI=1S/C15H19N3O3/c1-4-5-18-14(19)12(6-16)11(3)13(15(18)20)8-17-7-10(2)21-9-17/h4,10,20H,1,5,7-9H2,2-3H3/t10-/m0/s1. The van der Waals surface area contributed by atoms with Crippen LogP contribution >= 0.6 is 0 Å². The van der Waals surface area contributed by atoms with E-state index in [0.29, 0.717) is 24.4 Å². The highest BCUT2D eigenvalue weighted by atomic mass is 16.5. The molecule has 0 amide bonds. The number of hydrogen-bond donors (Lipinski definition) is 1. The first kappa shape index (κ1) is 15.3. The molecule has 2 heterocycles. The lowest BCUT2D eigenvalue weighted by molar-refractivity contribution is 0.0967. The first-order chi connectivity index (χ1) is 9.99. The van der Waals surface area contributed by atoms with E-state index in [-0.39, 0.29) is 24.1 Å². The second-order valence-electron chi connectivity index (χ2n) is 5.24. The van der Waals surface area contributed by atoms with Crippen molar-refractivity contribution in [3.05, 3.63) is 39.7 Å². The van der Waals surface area contributed by atoms with Crippen LogP contribution in [0.2, 0.25) is 0 Å². The molecule has 0 aromatic carbocycles. The van der Waals surface area contributed by atoms with Gasteiger partial charge in [-0.15, -0.1) is 6.58 Å². The molecule has 6 heteroatoms. The van der Waals surface area contributed by atoms with Gasteiger partial charge in [0.05, 0.1) is 12.8 Å². The van der Waals surface area contributed by atoms with Crippen LogP contribution in [0.25, 0.3) is 0 Å². The van der Waals surface area contributed by atoms with Crippen molar-refractivity contribution in [3.8, 4) is 11.9 Å². The van der Waals surface area contributed by atoms with Gasteiger partial charge < -0.3 is 9.84 Å². The van der Waals surface area contributed by atoms with Gasteiger partial charge in [0, 0.05) is 25.2 Å². The van der Waals surface area contributed by atoms with E-state index in [1.165, 1.54) is 10.6 Å². The third-order valence-corrected chi connectivity index (χ3v) is 3.67. The van der Waals surface area contributed by atoms with Gasteiger partial charge in [0.25, 0.3) is 5.56 Å². The van der Waals surface area contributed by atoms with Gasteiger partial charge in [-0.25, -0.2) is 0 Å². The van der Waals surface area contributed by atoms with Gasteiger partial charge in [0.1, 0.15) is 11.6 Å². The van der Waals surface area contributed by atoms with Gasteiger partial charge in [-0.2, -0.15) is 5.26 Å². The van der Waals surface area contributed by atoms with E-state index in [2.05, 4.69) is 6.58 Å². The molecule has 0 aliphatic carbocycles. The second kappa shape index (κ2) is 6.12. The molecule has 0 saturated carbocycles. The fourth-order valence-electron chi connectivity index (χ4n) is 2.53. The van der Waals surface area contributed by atoms with Crippen LogP contribution in [0.15, 0.2) is 17.4 Å². The molecule has 2 rings (SSSR count). The Kier molecular flexibility index (Phi) is 4.46. The largest absolute Gasteiger partial charge is 0.494 e. The summed E-state index contributed by atoms with van der Waals surface area (Å²) >= 11 is 0. The minimum absolute atomic E-state index is 0.0674. The second-order valence-corrected chi connectivity index (χ2v) is 5.24. The third-order valence-electron chi connectivity index (χ3n) is 3.67. The van der Waals surface area contributed by atoms with Crippen LogP contribution in [0.5, 0.6) is 5.88 Å². The lowest BCUT2D eigenvalue weighted by atomic mass is 10.0. The van der Waals surface area contributed by atoms with Crippen LogP contribution in [-0.4, -0.2) is 34.0 Å². The van der Waals surface area contributed by atoms with Gasteiger partial charge in [-0.05, 0) is 19.4 Å². The SMILES string of the molecule is C=CCn1c(O)c(CN2CO[C@@H](C)C2)c(C)c(C#N)c1=O. The fraction of sp³-hybridized carbons (Fsp3) is 0.467. The van der Waals surface area contributed by atoms with E-state index in [4.69, 9.17) is 4.74 Å². The maximum Gasteiger partial charge on any atom is 0.271 e. The molecule has 1 aliphatic heterocycles. The molecule has 1 atom stereocenters. The molecular weight excluding hydrogens is 270 g/mol. The van der Waals surface area contributed by atoms with Crippen LogP contribution < -0.4 is 5.56 Å². The smallest absolute Gasteiger partial charge is 0.271 e. The number of allylic oxidation sites excluding steroid dienone is 1. The topological polar surface area (TPSA) is 78.5 Å². The van der Waals surface area contributed by atoms with Gasteiger partial charge in [0.15, 0.2) is 5.88 Å². The van der Waals surface area contributed by atoms with Crippen molar-refractivity contribution in [1.29, 1.82) is 5.26 Å². The zero-order valence-electron chi connectivity index (χ0n) is 12.3. The lowest BCUT2D eigenvalue weighted by Crippen LogP contribution is -2.28. The summed E-state index contributed by atoms with van der Waals surface area (Å²) in [5.41, 5.74) is 0.700. The summed E-state index contributed by atoms with van der Waals surface area (Å²) in [6.07, 6.45) is 1.66.